The van der Waals surface area contributed by atoms with E-state index >= 15 is 0 Å². The van der Waals surface area contributed by atoms with Crippen molar-refractivity contribution < 1.29 is 19.5 Å². The maximum absolute atomic E-state index is 11.2. The summed E-state index contributed by atoms with van der Waals surface area (Å²) in [5.74, 6) is -1.22. The Hall–Kier alpha value is -1.19. The van der Waals surface area contributed by atoms with Gasteiger partial charge in [-0.05, 0) is 26.2 Å². The molecule has 0 aromatic carbocycles. The summed E-state index contributed by atoms with van der Waals surface area (Å²) in [7, 11) is 0. The molecule has 1 unspecified atom stereocenters. The molecule has 0 rings (SSSR count). The van der Waals surface area contributed by atoms with Crippen molar-refractivity contribution in [2.75, 3.05) is 0 Å². The van der Waals surface area contributed by atoms with Gasteiger partial charge in [0, 0.05) is 6.42 Å². The zero-order chi connectivity index (χ0) is 12.6. The van der Waals surface area contributed by atoms with Gasteiger partial charge in [0.15, 0.2) is 0 Å². The molecule has 0 aliphatic carbocycles. The number of carbonyl (C=O) groups is 3. The van der Waals surface area contributed by atoms with Gasteiger partial charge in [-0.25, -0.2) is 0 Å². The first kappa shape index (κ1) is 14.8. The normalized spacial score (nSPS) is 12.1. The first-order valence-electron chi connectivity index (χ1n) is 5.71. The highest BCUT2D eigenvalue weighted by atomic mass is 16.4. The molecule has 0 radical (unpaired) electrons. The Morgan fingerprint density at radius 3 is 2.25 bits per heavy atom. The Morgan fingerprint density at radius 2 is 1.81 bits per heavy atom. The summed E-state index contributed by atoms with van der Waals surface area (Å²) in [5, 5.41) is 8.79. The van der Waals surface area contributed by atoms with Crippen LogP contribution < -0.4 is 0 Å². The van der Waals surface area contributed by atoms with Gasteiger partial charge in [0.1, 0.15) is 11.6 Å². The first-order valence-corrected chi connectivity index (χ1v) is 5.71. The lowest BCUT2D eigenvalue weighted by atomic mass is 9.98. The van der Waals surface area contributed by atoms with E-state index in [1.165, 1.54) is 6.92 Å². The third-order valence-corrected chi connectivity index (χ3v) is 2.55. The Labute approximate surface area is 96.0 Å². The molecule has 0 bridgehead atoms. The van der Waals surface area contributed by atoms with Crippen molar-refractivity contribution >= 4 is 17.5 Å². The van der Waals surface area contributed by atoms with Crippen molar-refractivity contribution in [2.24, 2.45) is 5.92 Å². The average Bonchev–Trinajstić information content (AvgIpc) is 2.16. The number of rotatable bonds is 9. The lowest BCUT2D eigenvalue weighted by Crippen LogP contribution is -2.12. The van der Waals surface area contributed by atoms with Crippen LogP contribution in [0.5, 0.6) is 0 Å². The molecule has 0 saturated heterocycles. The highest BCUT2D eigenvalue weighted by Gasteiger charge is 2.14. The minimum atomic E-state index is -0.766. The molecule has 0 fully saturated rings. The van der Waals surface area contributed by atoms with Crippen molar-refractivity contribution in [2.45, 2.75) is 52.4 Å². The molecule has 0 spiro atoms. The molecule has 0 aliphatic rings. The number of carbonyl (C=O) groups excluding carboxylic acids is 2. The van der Waals surface area contributed by atoms with Gasteiger partial charge in [0.25, 0.3) is 0 Å². The fraction of sp³-hybridized carbons (Fsp3) is 0.750. The third-order valence-electron chi connectivity index (χ3n) is 2.55. The molecule has 0 amide bonds. The van der Waals surface area contributed by atoms with E-state index in [1.54, 1.807) is 0 Å². The molecule has 1 N–H and O–H groups in total. The monoisotopic (exact) mass is 228 g/mol. The number of carboxylic acid groups (broad SMARTS) is 1. The van der Waals surface area contributed by atoms with E-state index < -0.39 is 5.97 Å². The highest BCUT2D eigenvalue weighted by Crippen LogP contribution is 2.14. The van der Waals surface area contributed by atoms with Crippen LogP contribution in [0.4, 0.5) is 0 Å². The second-order valence-electron chi connectivity index (χ2n) is 4.11. The van der Waals surface area contributed by atoms with Crippen molar-refractivity contribution in [3.05, 3.63) is 0 Å². The molecule has 1 atom stereocenters. The molecule has 4 nitrogen and oxygen atoms in total. The maximum Gasteiger partial charge on any atom is 0.306 e. The number of Topliss-reactive ketones (excluding diaryl/α,β-unsaturated/α-hetero) is 2. The van der Waals surface area contributed by atoms with E-state index in [-0.39, 0.29) is 23.9 Å². The van der Waals surface area contributed by atoms with Gasteiger partial charge in [-0.3, -0.25) is 14.4 Å². The lowest BCUT2D eigenvalue weighted by Gasteiger charge is -2.08. The van der Waals surface area contributed by atoms with Crippen molar-refractivity contribution in [1.29, 1.82) is 0 Å². The van der Waals surface area contributed by atoms with Gasteiger partial charge < -0.3 is 5.11 Å². The van der Waals surface area contributed by atoms with Crippen LogP contribution >= 0.6 is 0 Å². The Morgan fingerprint density at radius 1 is 1.19 bits per heavy atom. The number of unbranched alkanes of at least 4 members (excludes halogenated alkanes) is 1. The van der Waals surface area contributed by atoms with E-state index in [1.807, 2.05) is 6.92 Å². The van der Waals surface area contributed by atoms with E-state index in [2.05, 4.69) is 0 Å². The van der Waals surface area contributed by atoms with Crippen LogP contribution in [0.1, 0.15) is 52.4 Å². The van der Waals surface area contributed by atoms with Gasteiger partial charge in [0.2, 0.25) is 0 Å². The number of hydrogen-bond donors (Lipinski definition) is 1. The van der Waals surface area contributed by atoms with E-state index in [9.17, 15) is 14.4 Å². The Kier molecular flexibility index (Phi) is 7.42. The SMILES string of the molecule is CCC(CCCCC(=O)CC(C)=O)C(=O)O. The van der Waals surface area contributed by atoms with Crippen LogP contribution in [0.25, 0.3) is 0 Å². The molecule has 0 saturated carbocycles. The second-order valence-corrected chi connectivity index (χ2v) is 4.11. The highest BCUT2D eigenvalue weighted by molar-refractivity contribution is 5.97. The summed E-state index contributed by atoms with van der Waals surface area (Å²) >= 11 is 0. The van der Waals surface area contributed by atoms with Crippen LogP contribution in [0.15, 0.2) is 0 Å². The summed E-state index contributed by atoms with van der Waals surface area (Å²) in [6, 6.07) is 0. The van der Waals surface area contributed by atoms with Crippen LogP contribution in [0, 0.1) is 5.92 Å². The quantitative estimate of drug-likeness (QED) is 0.485. The van der Waals surface area contributed by atoms with Gasteiger partial charge >= 0.3 is 5.97 Å². The molecular weight excluding hydrogens is 208 g/mol. The largest absolute Gasteiger partial charge is 0.481 e. The summed E-state index contributed by atoms with van der Waals surface area (Å²) in [4.78, 5) is 32.5. The third kappa shape index (κ3) is 7.15. The summed E-state index contributed by atoms with van der Waals surface area (Å²) < 4.78 is 0. The van der Waals surface area contributed by atoms with Gasteiger partial charge in [0.05, 0.1) is 12.3 Å². The molecular formula is C12H20O4. The van der Waals surface area contributed by atoms with Crippen LogP contribution in [0.3, 0.4) is 0 Å². The van der Waals surface area contributed by atoms with Crippen LogP contribution in [0.2, 0.25) is 0 Å². The molecule has 0 aromatic rings. The first-order chi connectivity index (χ1) is 7.47. The fourth-order valence-electron chi connectivity index (χ4n) is 1.58. The van der Waals surface area contributed by atoms with Crippen LogP contribution in [-0.2, 0) is 14.4 Å². The smallest absolute Gasteiger partial charge is 0.306 e. The summed E-state index contributed by atoms with van der Waals surface area (Å²) in [6.45, 7) is 3.25. The van der Waals surface area contributed by atoms with E-state index in [4.69, 9.17) is 5.11 Å². The maximum atomic E-state index is 11.2. The van der Waals surface area contributed by atoms with Gasteiger partial charge in [-0.15, -0.1) is 0 Å². The van der Waals surface area contributed by atoms with E-state index in [0.717, 1.165) is 6.42 Å². The zero-order valence-corrected chi connectivity index (χ0v) is 9.99. The predicted octanol–water partition coefficient (Wildman–Crippen LogP) is 2.21. The number of ketones is 2. The second kappa shape index (κ2) is 8.02. The fourth-order valence-corrected chi connectivity index (χ4v) is 1.58. The average molecular weight is 228 g/mol. The Bertz CT molecular complexity index is 258. The van der Waals surface area contributed by atoms with Crippen molar-refractivity contribution in [3.63, 3.8) is 0 Å². The lowest BCUT2D eigenvalue weighted by molar-refractivity contribution is -0.142. The standard InChI is InChI=1S/C12H20O4/c1-3-10(12(15)16)6-4-5-7-11(14)8-9(2)13/h10H,3-8H2,1-2H3,(H,15,16). The number of carboxylic acids is 1. The van der Waals surface area contributed by atoms with Crippen molar-refractivity contribution in [3.8, 4) is 0 Å². The van der Waals surface area contributed by atoms with Gasteiger partial charge in [-0.2, -0.15) is 0 Å². The Balaban J connectivity index is 3.63. The number of aliphatic carboxylic acids is 1. The predicted molar refractivity (Wildman–Crippen MR) is 60.2 cm³/mol. The summed E-state index contributed by atoms with van der Waals surface area (Å²) in [6.07, 6.45) is 3.03. The topological polar surface area (TPSA) is 71.4 Å². The van der Waals surface area contributed by atoms with Crippen LogP contribution in [-0.4, -0.2) is 22.6 Å². The molecule has 92 valence electrons. The summed E-state index contributed by atoms with van der Waals surface area (Å²) in [5.41, 5.74) is 0. The molecule has 4 heteroatoms. The molecule has 16 heavy (non-hydrogen) atoms. The van der Waals surface area contributed by atoms with E-state index in [0.29, 0.717) is 25.7 Å². The minimum absolute atomic E-state index is 0.0101. The molecule has 0 aromatic heterocycles. The van der Waals surface area contributed by atoms with Gasteiger partial charge in [-0.1, -0.05) is 13.3 Å². The van der Waals surface area contributed by atoms with Crippen molar-refractivity contribution in [1.82, 2.24) is 0 Å². The number of hydrogen-bond acceptors (Lipinski definition) is 3. The molecule has 0 heterocycles. The molecule has 0 aliphatic heterocycles. The zero-order valence-electron chi connectivity index (χ0n) is 9.99. The minimum Gasteiger partial charge on any atom is -0.481 e.